The molecule has 1 aliphatic heterocycles. The molecule has 1 aliphatic rings. The second-order valence-corrected chi connectivity index (χ2v) is 5.88. The smallest absolute Gasteiger partial charge is 0.133 e. The zero-order valence-electron chi connectivity index (χ0n) is 11.5. The largest absolute Gasteiger partial charge is 0.496 e. The molecule has 0 saturated heterocycles. The Bertz CT molecular complexity index is 677. The number of nitrogens with two attached hydrogens (primary N) is 1. The molecule has 0 aromatic heterocycles. The number of benzene rings is 2. The van der Waals surface area contributed by atoms with Gasteiger partial charge in [-0.2, -0.15) is 0 Å². The lowest BCUT2D eigenvalue weighted by molar-refractivity contribution is 0.161. The maximum Gasteiger partial charge on any atom is 0.133 e. The van der Waals surface area contributed by atoms with Crippen molar-refractivity contribution in [3.63, 3.8) is 0 Å². The third kappa shape index (κ3) is 2.76. The molecule has 0 spiro atoms. The number of halogens is 2. The molecular weight excluding hydrogens is 337 g/mol. The summed E-state index contributed by atoms with van der Waals surface area (Å²) in [5.41, 5.74) is 7.88. The molecule has 110 valence electrons. The monoisotopic (exact) mass is 351 g/mol. The van der Waals surface area contributed by atoms with Crippen LogP contribution in [-0.4, -0.2) is 7.11 Å². The first-order chi connectivity index (χ1) is 10.1. The quantitative estimate of drug-likeness (QED) is 0.884. The van der Waals surface area contributed by atoms with E-state index in [1.165, 1.54) is 12.1 Å². The minimum absolute atomic E-state index is 0.153. The van der Waals surface area contributed by atoms with Gasteiger partial charge in [-0.1, -0.05) is 6.07 Å². The van der Waals surface area contributed by atoms with Gasteiger partial charge in [0.15, 0.2) is 0 Å². The highest BCUT2D eigenvalue weighted by molar-refractivity contribution is 9.10. The fourth-order valence-corrected chi connectivity index (χ4v) is 3.12. The molecule has 0 bridgehead atoms. The van der Waals surface area contributed by atoms with Crippen LogP contribution in [0.1, 0.15) is 29.7 Å². The van der Waals surface area contributed by atoms with E-state index in [9.17, 15) is 4.39 Å². The highest BCUT2D eigenvalue weighted by Gasteiger charge is 2.27. The van der Waals surface area contributed by atoms with Crippen molar-refractivity contribution >= 4 is 15.9 Å². The molecule has 0 saturated carbocycles. The van der Waals surface area contributed by atoms with Crippen LogP contribution < -0.4 is 15.2 Å². The van der Waals surface area contributed by atoms with Crippen molar-refractivity contribution in [1.29, 1.82) is 0 Å². The van der Waals surface area contributed by atoms with Gasteiger partial charge in [0, 0.05) is 18.0 Å². The van der Waals surface area contributed by atoms with Crippen molar-refractivity contribution < 1.29 is 13.9 Å². The molecule has 0 aliphatic carbocycles. The molecule has 2 unspecified atom stereocenters. The van der Waals surface area contributed by atoms with Gasteiger partial charge in [0.1, 0.15) is 23.4 Å². The predicted octanol–water partition coefficient (Wildman–Crippen LogP) is 4.12. The third-order valence-electron chi connectivity index (χ3n) is 3.66. The van der Waals surface area contributed by atoms with Crippen LogP contribution >= 0.6 is 15.9 Å². The van der Waals surface area contributed by atoms with Gasteiger partial charge in [-0.15, -0.1) is 0 Å². The van der Waals surface area contributed by atoms with E-state index in [-0.39, 0.29) is 18.0 Å². The molecule has 1 heterocycles. The number of fused-ring (bicyclic) bond motifs is 1. The van der Waals surface area contributed by atoms with Gasteiger partial charge in [0.25, 0.3) is 0 Å². The standard InChI is InChI=1S/C16H15BrFNO2/c1-20-15-4-2-9(6-12(15)17)16-8-13(19)11-7-10(18)3-5-14(11)21-16/h2-7,13,16H,8,19H2,1H3. The summed E-state index contributed by atoms with van der Waals surface area (Å²) in [5, 5.41) is 0. The predicted molar refractivity (Wildman–Crippen MR) is 82.0 cm³/mol. The van der Waals surface area contributed by atoms with Gasteiger partial charge in [-0.25, -0.2) is 4.39 Å². The van der Waals surface area contributed by atoms with Crippen LogP contribution in [0.25, 0.3) is 0 Å². The van der Waals surface area contributed by atoms with E-state index < -0.39 is 0 Å². The fourth-order valence-electron chi connectivity index (χ4n) is 2.56. The Labute approximate surface area is 131 Å². The lowest BCUT2D eigenvalue weighted by Crippen LogP contribution is -2.24. The molecule has 2 aromatic carbocycles. The second kappa shape index (κ2) is 5.66. The molecule has 0 amide bonds. The average molecular weight is 352 g/mol. The van der Waals surface area contributed by atoms with E-state index in [2.05, 4.69) is 15.9 Å². The summed E-state index contributed by atoms with van der Waals surface area (Å²) in [6.45, 7) is 0. The van der Waals surface area contributed by atoms with Crippen LogP contribution in [0.15, 0.2) is 40.9 Å². The lowest BCUT2D eigenvalue weighted by atomic mass is 9.93. The topological polar surface area (TPSA) is 44.5 Å². The molecular formula is C16H15BrFNO2. The number of ether oxygens (including phenoxy) is 2. The van der Waals surface area contributed by atoms with E-state index >= 15 is 0 Å². The van der Waals surface area contributed by atoms with Gasteiger partial charge >= 0.3 is 0 Å². The molecule has 2 aromatic rings. The van der Waals surface area contributed by atoms with E-state index in [0.717, 1.165) is 21.3 Å². The maximum atomic E-state index is 13.3. The molecule has 2 atom stereocenters. The summed E-state index contributed by atoms with van der Waals surface area (Å²) in [5.74, 6) is 1.12. The van der Waals surface area contributed by atoms with Crippen LogP contribution in [0.2, 0.25) is 0 Å². The van der Waals surface area contributed by atoms with Gasteiger partial charge < -0.3 is 15.2 Å². The second-order valence-electron chi connectivity index (χ2n) is 5.02. The Kier molecular flexibility index (Phi) is 3.87. The van der Waals surface area contributed by atoms with E-state index in [4.69, 9.17) is 15.2 Å². The summed E-state index contributed by atoms with van der Waals surface area (Å²) in [6.07, 6.45) is 0.454. The summed E-state index contributed by atoms with van der Waals surface area (Å²) >= 11 is 3.47. The summed E-state index contributed by atoms with van der Waals surface area (Å²) in [7, 11) is 1.62. The first-order valence-corrected chi connectivity index (χ1v) is 7.43. The molecule has 3 nitrogen and oxygen atoms in total. The van der Waals surface area contributed by atoms with Crippen LogP contribution in [0.4, 0.5) is 4.39 Å². The third-order valence-corrected chi connectivity index (χ3v) is 4.28. The van der Waals surface area contributed by atoms with Crippen LogP contribution in [0.3, 0.4) is 0 Å². The van der Waals surface area contributed by atoms with E-state index in [0.29, 0.717) is 12.2 Å². The fraction of sp³-hybridized carbons (Fsp3) is 0.250. The number of hydrogen-bond acceptors (Lipinski definition) is 3. The average Bonchev–Trinajstić information content (AvgIpc) is 2.47. The first kappa shape index (κ1) is 14.4. The minimum atomic E-state index is -0.293. The normalized spacial score (nSPS) is 20.6. The summed E-state index contributed by atoms with van der Waals surface area (Å²) in [4.78, 5) is 0. The maximum absolute atomic E-state index is 13.3. The Morgan fingerprint density at radius 3 is 2.81 bits per heavy atom. The van der Waals surface area contributed by atoms with Crippen molar-refractivity contribution in [1.82, 2.24) is 0 Å². The first-order valence-electron chi connectivity index (χ1n) is 6.63. The van der Waals surface area contributed by atoms with E-state index in [1.54, 1.807) is 13.2 Å². The molecule has 0 fully saturated rings. The Balaban J connectivity index is 1.92. The molecule has 21 heavy (non-hydrogen) atoms. The van der Waals surface area contributed by atoms with Gasteiger partial charge in [-0.05, 0) is 51.8 Å². The zero-order chi connectivity index (χ0) is 15.0. The Morgan fingerprint density at radius 2 is 2.10 bits per heavy atom. The van der Waals surface area contributed by atoms with Crippen molar-refractivity contribution in [2.24, 2.45) is 5.73 Å². The SMILES string of the molecule is COc1ccc(C2CC(N)c3cc(F)ccc3O2)cc1Br. The van der Waals surface area contributed by atoms with Gasteiger partial charge in [-0.3, -0.25) is 0 Å². The lowest BCUT2D eigenvalue weighted by Gasteiger charge is -2.30. The molecule has 2 N–H and O–H groups in total. The highest BCUT2D eigenvalue weighted by atomic mass is 79.9. The Morgan fingerprint density at radius 1 is 1.29 bits per heavy atom. The van der Waals surface area contributed by atoms with E-state index in [1.807, 2.05) is 18.2 Å². The molecule has 5 heteroatoms. The molecule has 0 radical (unpaired) electrons. The number of hydrogen-bond donors (Lipinski definition) is 1. The number of methoxy groups -OCH3 is 1. The van der Waals surface area contributed by atoms with Crippen LogP contribution in [0, 0.1) is 5.82 Å². The molecule has 3 rings (SSSR count). The van der Waals surface area contributed by atoms with Crippen LogP contribution in [-0.2, 0) is 0 Å². The Hall–Kier alpha value is -1.59. The van der Waals surface area contributed by atoms with Crippen LogP contribution in [0.5, 0.6) is 11.5 Å². The van der Waals surface area contributed by atoms with Crippen molar-refractivity contribution in [3.05, 3.63) is 57.8 Å². The highest BCUT2D eigenvalue weighted by Crippen LogP contribution is 2.41. The van der Waals surface area contributed by atoms with Crippen molar-refractivity contribution in [3.8, 4) is 11.5 Å². The zero-order valence-corrected chi connectivity index (χ0v) is 13.1. The van der Waals surface area contributed by atoms with Gasteiger partial charge in [0.05, 0.1) is 11.6 Å². The van der Waals surface area contributed by atoms with Crippen molar-refractivity contribution in [2.45, 2.75) is 18.6 Å². The summed E-state index contributed by atoms with van der Waals surface area (Å²) in [6, 6.07) is 10.0. The minimum Gasteiger partial charge on any atom is -0.496 e. The van der Waals surface area contributed by atoms with Crippen molar-refractivity contribution in [2.75, 3.05) is 7.11 Å². The number of rotatable bonds is 2. The van der Waals surface area contributed by atoms with Gasteiger partial charge in [0.2, 0.25) is 0 Å². The summed E-state index contributed by atoms with van der Waals surface area (Å²) < 4.78 is 25.3.